The van der Waals surface area contributed by atoms with Gasteiger partial charge in [0.15, 0.2) is 0 Å². The second kappa shape index (κ2) is 4.63. The Hall–Kier alpha value is -1.75. The Bertz CT molecular complexity index is 633. The summed E-state index contributed by atoms with van der Waals surface area (Å²) in [5.74, 6) is 0. The maximum atomic E-state index is 12.0. The van der Waals surface area contributed by atoms with E-state index in [1.165, 1.54) is 0 Å². The first-order valence-corrected chi connectivity index (χ1v) is 5.75. The van der Waals surface area contributed by atoms with E-state index in [2.05, 4.69) is 4.98 Å². The second-order valence-electron chi connectivity index (χ2n) is 3.86. The maximum Gasteiger partial charge on any atom is 0.272 e. The molecule has 0 spiro atoms. The summed E-state index contributed by atoms with van der Waals surface area (Å²) < 4.78 is 1.68. The van der Waals surface area contributed by atoms with Gasteiger partial charge in [0, 0.05) is 13.0 Å². The Morgan fingerprint density at radius 1 is 1.47 bits per heavy atom. The minimum Gasteiger partial charge on any atom is -0.393 e. The van der Waals surface area contributed by atoms with Gasteiger partial charge in [0.05, 0.1) is 16.0 Å². The number of fused-ring (bicyclic) bond motifs is 1. The monoisotopic (exact) mass is 247 g/mol. The molecule has 5 heteroatoms. The summed E-state index contributed by atoms with van der Waals surface area (Å²) in [6.07, 6.45) is 0.517. The number of hydrogen-bond donors (Lipinski definition) is 1. The molecule has 0 radical (unpaired) electrons. The van der Waals surface area contributed by atoms with Gasteiger partial charge in [0.2, 0.25) is 0 Å². The summed E-state index contributed by atoms with van der Waals surface area (Å²) >= 11 is 4.84. The average Bonchev–Trinajstić information content (AvgIpc) is 2.29. The van der Waals surface area contributed by atoms with Gasteiger partial charge in [0.1, 0.15) is 5.69 Å². The van der Waals surface area contributed by atoms with Crippen LogP contribution in [0.25, 0.3) is 11.0 Å². The third-order valence-corrected chi connectivity index (χ3v) is 2.80. The number of thiocarbonyl (C=S) groups is 1. The highest BCUT2D eigenvalue weighted by Crippen LogP contribution is 2.10. The number of rotatable bonds is 3. The van der Waals surface area contributed by atoms with Crippen molar-refractivity contribution in [3.8, 4) is 0 Å². The first kappa shape index (κ1) is 11.7. The first-order chi connectivity index (χ1) is 8.09. The van der Waals surface area contributed by atoms with Crippen LogP contribution in [0.1, 0.15) is 12.1 Å². The van der Waals surface area contributed by atoms with E-state index in [0.29, 0.717) is 23.6 Å². The molecule has 0 aliphatic rings. The lowest BCUT2D eigenvalue weighted by Gasteiger charge is -2.10. The van der Waals surface area contributed by atoms with Crippen molar-refractivity contribution in [1.29, 1.82) is 0 Å². The topological polar surface area (TPSA) is 60.9 Å². The highest BCUT2D eigenvalue weighted by molar-refractivity contribution is 7.80. The number of nitrogens with two attached hydrogens (primary N) is 1. The Kier molecular flexibility index (Phi) is 3.19. The van der Waals surface area contributed by atoms with Crippen molar-refractivity contribution in [2.75, 3.05) is 0 Å². The number of para-hydroxylation sites is 2. The molecule has 0 atom stereocenters. The van der Waals surface area contributed by atoms with Gasteiger partial charge in [0.25, 0.3) is 5.56 Å². The van der Waals surface area contributed by atoms with Crippen molar-refractivity contribution in [3.63, 3.8) is 0 Å². The van der Waals surface area contributed by atoms with Crippen LogP contribution >= 0.6 is 12.2 Å². The molecule has 0 aliphatic heterocycles. The van der Waals surface area contributed by atoms with Crippen LogP contribution in [0, 0.1) is 6.92 Å². The molecule has 17 heavy (non-hydrogen) atoms. The van der Waals surface area contributed by atoms with Crippen LogP contribution in [0.4, 0.5) is 0 Å². The molecule has 1 aromatic carbocycles. The fourth-order valence-corrected chi connectivity index (χ4v) is 1.86. The van der Waals surface area contributed by atoms with Crippen LogP contribution in [-0.4, -0.2) is 14.5 Å². The molecule has 4 nitrogen and oxygen atoms in total. The van der Waals surface area contributed by atoms with Gasteiger partial charge in [-0.05, 0) is 19.1 Å². The summed E-state index contributed by atoms with van der Waals surface area (Å²) in [5.41, 5.74) is 7.51. The van der Waals surface area contributed by atoms with Crippen LogP contribution in [0.2, 0.25) is 0 Å². The maximum absolute atomic E-state index is 12.0. The standard InChI is InChI=1S/C12H13N3OS/c1-8-12(16)15(7-6-11(13)17)10-5-3-2-4-9(10)14-8/h2-5H,6-7H2,1H3,(H2,13,17). The third-order valence-electron chi connectivity index (χ3n) is 2.60. The quantitative estimate of drug-likeness (QED) is 0.832. The lowest BCUT2D eigenvalue weighted by Crippen LogP contribution is -2.26. The molecule has 2 rings (SSSR count). The van der Waals surface area contributed by atoms with E-state index in [-0.39, 0.29) is 5.56 Å². The van der Waals surface area contributed by atoms with Crippen molar-refractivity contribution in [3.05, 3.63) is 40.3 Å². The predicted octanol–water partition coefficient (Wildman–Crippen LogP) is 1.38. The molecule has 0 saturated carbocycles. The summed E-state index contributed by atoms with van der Waals surface area (Å²) in [4.78, 5) is 16.7. The van der Waals surface area contributed by atoms with E-state index in [9.17, 15) is 4.79 Å². The molecular formula is C12H13N3OS. The van der Waals surface area contributed by atoms with Gasteiger partial charge in [-0.15, -0.1) is 0 Å². The highest BCUT2D eigenvalue weighted by atomic mass is 32.1. The van der Waals surface area contributed by atoms with Crippen molar-refractivity contribution < 1.29 is 0 Å². The van der Waals surface area contributed by atoms with E-state index in [1.807, 2.05) is 24.3 Å². The minimum atomic E-state index is -0.0834. The van der Waals surface area contributed by atoms with Crippen LogP contribution in [0.5, 0.6) is 0 Å². The van der Waals surface area contributed by atoms with Crippen molar-refractivity contribution in [2.45, 2.75) is 19.9 Å². The Morgan fingerprint density at radius 3 is 2.88 bits per heavy atom. The molecule has 0 unspecified atom stereocenters. The lowest BCUT2D eigenvalue weighted by atomic mass is 10.2. The Balaban J connectivity index is 2.61. The van der Waals surface area contributed by atoms with Crippen LogP contribution in [0.15, 0.2) is 29.1 Å². The average molecular weight is 247 g/mol. The zero-order valence-electron chi connectivity index (χ0n) is 9.51. The fourth-order valence-electron chi connectivity index (χ4n) is 1.76. The molecule has 88 valence electrons. The van der Waals surface area contributed by atoms with Gasteiger partial charge in [-0.1, -0.05) is 24.4 Å². The van der Waals surface area contributed by atoms with E-state index in [1.54, 1.807) is 11.5 Å². The number of hydrogen-bond acceptors (Lipinski definition) is 3. The number of nitrogens with zero attached hydrogens (tertiary/aromatic N) is 2. The molecule has 1 heterocycles. The Morgan fingerprint density at radius 2 is 2.18 bits per heavy atom. The van der Waals surface area contributed by atoms with Crippen LogP contribution < -0.4 is 11.3 Å². The molecule has 1 aromatic heterocycles. The second-order valence-corrected chi connectivity index (χ2v) is 4.38. The van der Waals surface area contributed by atoms with Gasteiger partial charge >= 0.3 is 0 Å². The number of aryl methyl sites for hydroxylation is 2. The summed E-state index contributed by atoms with van der Waals surface area (Å²) in [6, 6.07) is 7.55. The van der Waals surface area contributed by atoms with Gasteiger partial charge in [-0.2, -0.15) is 0 Å². The van der Waals surface area contributed by atoms with Crippen LogP contribution in [-0.2, 0) is 6.54 Å². The van der Waals surface area contributed by atoms with Gasteiger partial charge in [-0.25, -0.2) is 4.98 Å². The molecule has 2 N–H and O–H groups in total. The van der Waals surface area contributed by atoms with E-state index in [0.717, 1.165) is 11.0 Å². The minimum absolute atomic E-state index is 0.0834. The third kappa shape index (κ3) is 2.34. The molecular weight excluding hydrogens is 234 g/mol. The molecule has 0 aliphatic carbocycles. The largest absolute Gasteiger partial charge is 0.393 e. The smallest absolute Gasteiger partial charge is 0.272 e. The molecule has 0 amide bonds. The summed E-state index contributed by atoms with van der Waals surface area (Å²) in [5, 5.41) is 0. The highest BCUT2D eigenvalue weighted by Gasteiger charge is 2.07. The molecule has 0 fully saturated rings. The van der Waals surface area contributed by atoms with Gasteiger partial charge in [-0.3, -0.25) is 4.79 Å². The Labute approximate surface area is 104 Å². The summed E-state index contributed by atoms with van der Waals surface area (Å²) in [6.45, 7) is 2.21. The SMILES string of the molecule is Cc1nc2ccccc2n(CCC(N)=S)c1=O. The van der Waals surface area contributed by atoms with Crippen LogP contribution in [0.3, 0.4) is 0 Å². The molecule has 0 bridgehead atoms. The fraction of sp³-hybridized carbons (Fsp3) is 0.250. The van der Waals surface area contributed by atoms with Gasteiger partial charge < -0.3 is 10.3 Å². The molecule has 2 aromatic rings. The predicted molar refractivity (Wildman–Crippen MR) is 72.1 cm³/mol. The first-order valence-electron chi connectivity index (χ1n) is 5.34. The normalized spacial score (nSPS) is 10.6. The van der Waals surface area contributed by atoms with Crippen molar-refractivity contribution >= 4 is 28.2 Å². The van der Waals surface area contributed by atoms with E-state index < -0.39 is 0 Å². The van der Waals surface area contributed by atoms with Crippen molar-refractivity contribution in [2.24, 2.45) is 5.73 Å². The lowest BCUT2D eigenvalue weighted by molar-refractivity contribution is 0.712. The zero-order valence-corrected chi connectivity index (χ0v) is 10.3. The zero-order chi connectivity index (χ0) is 12.4. The number of benzene rings is 1. The van der Waals surface area contributed by atoms with E-state index >= 15 is 0 Å². The summed E-state index contributed by atoms with van der Waals surface area (Å²) in [7, 11) is 0. The van der Waals surface area contributed by atoms with E-state index in [4.69, 9.17) is 18.0 Å². The molecule has 0 saturated heterocycles. The number of aromatic nitrogens is 2. The van der Waals surface area contributed by atoms with Crippen molar-refractivity contribution in [1.82, 2.24) is 9.55 Å².